The Hall–Kier alpha value is -1.81. The van der Waals surface area contributed by atoms with E-state index < -0.39 is 0 Å². The lowest BCUT2D eigenvalue weighted by atomic mass is 10.2. The number of rotatable bonds is 7. The van der Waals surface area contributed by atoms with Crippen LogP contribution in [0.3, 0.4) is 0 Å². The Bertz CT molecular complexity index is 758. The van der Waals surface area contributed by atoms with Crippen molar-refractivity contribution in [3.8, 4) is 0 Å². The van der Waals surface area contributed by atoms with Crippen molar-refractivity contribution in [2.45, 2.75) is 46.8 Å². The normalized spacial score (nSPS) is 11.0. The Labute approximate surface area is 188 Å². The van der Waals surface area contributed by atoms with Gasteiger partial charge in [-0.3, -0.25) is 0 Å². The highest BCUT2D eigenvalue weighted by molar-refractivity contribution is 14.0. The summed E-state index contributed by atoms with van der Waals surface area (Å²) in [4.78, 5) is 19.0. The summed E-state index contributed by atoms with van der Waals surface area (Å²) in [5, 5.41) is 12.2. The van der Waals surface area contributed by atoms with Crippen molar-refractivity contribution >= 4 is 53.0 Å². The fourth-order valence-corrected chi connectivity index (χ4v) is 3.22. The van der Waals surface area contributed by atoms with Gasteiger partial charge in [0, 0.05) is 28.0 Å². The number of carbonyl (C=O) groups is 1. The first-order valence-corrected chi connectivity index (χ1v) is 10.0. The minimum atomic E-state index is -0.196. The molecule has 0 unspecified atom stereocenters. The Kier molecular flexibility index (Phi) is 10.9. The molecule has 0 atom stereocenters. The van der Waals surface area contributed by atoms with Gasteiger partial charge in [-0.05, 0) is 57.5 Å². The summed E-state index contributed by atoms with van der Waals surface area (Å²) >= 11 is 1.79. The summed E-state index contributed by atoms with van der Waals surface area (Å²) in [6.45, 7) is 10.2. The van der Waals surface area contributed by atoms with Crippen LogP contribution < -0.4 is 21.3 Å². The highest BCUT2D eigenvalue weighted by Crippen LogP contribution is 2.14. The highest BCUT2D eigenvalue weighted by atomic mass is 127. The molecule has 2 amide bonds. The summed E-state index contributed by atoms with van der Waals surface area (Å²) in [5.74, 6) is 0.794. The van der Waals surface area contributed by atoms with Crippen LogP contribution in [0.1, 0.15) is 36.1 Å². The molecule has 154 valence electrons. The molecule has 1 aromatic heterocycles. The molecule has 0 radical (unpaired) electrons. The number of halogens is 1. The molecule has 0 aliphatic heterocycles. The Balaban J connectivity index is 0.00000392. The number of thiophene rings is 1. The number of aryl methyl sites for hydroxylation is 1. The van der Waals surface area contributed by atoms with Gasteiger partial charge >= 0.3 is 6.03 Å². The summed E-state index contributed by atoms with van der Waals surface area (Å²) < 4.78 is 0. The van der Waals surface area contributed by atoms with Gasteiger partial charge in [0.15, 0.2) is 5.96 Å². The SMILES string of the molecule is CCNC(=NCc1ccc(NC(=O)NC(C)C)cc1)NCc1ccc(C)s1.I. The van der Waals surface area contributed by atoms with Gasteiger partial charge < -0.3 is 21.3 Å². The molecule has 0 bridgehead atoms. The zero-order valence-electron chi connectivity index (χ0n) is 16.8. The number of nitrogens with zero attached hydrogens (tertiary/aromatic N) is 1. The molecular formula is C20H30IN5OS. The Morgan fingerprint density at radius 2 is 1.82 bits per heavy atom. The number of benzene rings is 1. The molecule has 0 aliphatic rings. The number of hydrogen-bond donors (Lipinski definition) is 4. The van der Waals surface area contributed by atoms with E-state index in [2.05, 4.69) is 52.2 Å². The van der Waals surface area contributed by atoms with Gasteiger partial charge in [-0.15, -0.1) is 35.3 Å². The number of nitrogens with one attached hydrogen (secondary N) is 4. The van der Waals surface area contributed by atoms with Crippen LogP contribution in [0.2, 0.25) is 0 Å². The molecule has 0 saturated heterocycles. The number of carbonyl (C=O) groups excluding carboxylic acids is 1. The van der Waals surface area contributed by atoms with Crippen molar-refractivity contribution in [3.63, 3.8) is 0 Å². The molecule has 0 saturated carbocycles. The average molecular weight is 515 g/mol. The maximum Gasteiger partial charge on any atom is 0.319 e. The molecular weight excluding hydrogens is 485 g/mol. The number of hydrogen-bond acceptors (Lipinski definition) is 3. The van der Waals surface area contributed by atoms with Crippen LogP contribution in [-0.4, -0.2) is 24.6 Å². The summed E-state index contributed by atoms with van der Waals surface area (Å²) in [6, 6.07) is 11.9. The van der Waals surface area contributed by atoms with Crippen molar-refractivity contribution in [2.24, 2.45) is 4.99 Å². The molecule has 2 rings (SSSR count). The summed E-state index contributed by atoms with van der Waals surface area (Å²) in [5.41, 5.74) is 1.84. The lowest BCUT2D eigenvalue weighted by molar-refractivity contribution is 0.250. The number of aliphatic imine (C=N–C) groups is 1. The van der Waals surface area contributed by atoms with Crippen molar-refractivity contribution in [1.82, 2.24) is 16.0 Å². The minimum absolute atomic E-state index is 0. The molecule has 1 heterocycles. The fourth-order valence-electron chi connectivity index (χ4n) is 2.39. The molecule has 1 aromatic carbocycles. The van der Waals surface area contributed by atoms with E-state index in [0.717, 1.165) is 30.3 Å². The standard InChI is InChI=1S/C20H29N5OS.HI/c1-5-21-19(23-13-18-11-6-15(4)27-18)22-12-16-7-9-17(10-8-16)25-20(26)24-14(2)3;/h6-11,14H,5,12-13H2,1-4H3,(H2,21,22,23)(H2,24,25,26);1H. The number of urea groups is 1. The number of anilines is 1. The van der Waals surface area contributed by atoms with Crippen LogP contribution in [0.15, 0.2) is 41.4 Å². The minimum Gasteiger partial charge on any atom is -0.357 e. The van der Waals surface area contributed by atoms with Gasteiger partial charge in [-0.2, -0.15) is 0 Å². The second-order valence-electron chi connectivity index (χ2n) is 6.51. The summed E-state index contributed by atoms with van der Waals surface area (Å²) in [6.07, 6.45) is 0. The first-order chi connectivity index (χ1) is 13.0. The lowest BCUT2D eigenvalue weighted by Gasteiger charge is -2.11. The van der Waals surface area contributed by atoms with E-state index >= 15 is 0 Å². The van der Waals surface area contributed by atoms with E-state index in [9.17, 15) is 4.79 Å². The van der Waals surface area contributed by atoms with Gasteiger partial charge in [0.1, 0.15) is 0 Å². The first kappa shape index (κ1) is 24.2. The molecule has 6 nitrogen and oxygen atoms in total. The maximum absolute atomic E-state index is 11.7. The van der Waals surface area contributed by atoms with Crippen LogP contribution in [0.25, 0.3) is 0 Å². The average Bonchev–Trinajstić information content (AvgIpc) is 3.03. The van der Waals surface area contributed by atoms with E-state index in [1.165, 1.54) is 9.75 Å². The van der Waals surface area contributed by atoms with Crippen molar-refractivity contribution in [3.05, 3.63) is 51.7 Å². The third-order valence-corrected chi connectivity index (χ3v) is 4.62. The monoisotopic (exact) mass is 515 g/mol. The molecule has 28 heavy (non-hydrogen) atoms. The quantitative estimate of drug-likeness (QED) is 0.250. The van der Waals surface area contributed by atoms with Crippen LogP contribution in [-0.2, 0) is 13.1 Å². The van der Waals surface area contributed by atoms with Gasteiger partial charge in [0.05, 0.1) is 13.1 Å². The van der Waals surface area contributed by atoms with Crippen molar-refractivity contribution in [2.75, 3.05) is 11.9 Å². The molecule has 4 N–H and O–H groups in total. The van der Waals surface area contributed by atoms with Gasteiger partial charge in [-0.25, -0.2) is 9.79 Å². The second kappa shape index (κ2) is 12.6. The van der Waals surface area contributed by atoms with Gasteiger partial charge in [0.25, 0.3) is 0 Å². The second-order valence-corrected chi connectivity index (χ2v) is 7.88. The van der Waals surface area contributed by atoms with Crippen molar-refractivity contribution < 1.29 is 4.79 Å². The predicted molar refractivity (Wildman–Crippen MR) is 130 cm³/mol. The Morgan fingerprint density at radius 1 is 1.11 bits per heavy atom. The smallest absolute Gasteiger partial charge is 0.319 e. The highest BCUT2D eigenvalue weighted by Gasteiger charge is 2.04. The lowest BCUT2D eigenvalue weighted by Crippen LogP contribution is -2.36. The van der Waals surface area contributed by atoms with E-state index in [-0.39, 0.29) is 36.0 Å². The van der Waals surface area contributed by atoms with Crippen LogP contribution in [0, 0.1) is 6.92 Å². The predicted octanol–water partition coefficient (Wildman–Crippen LogP) is 4.46. The zero-order valence-corrected chi connectivity index (χ0v) is 20.0. The van der Waals surface area contributed by atoms with E-state index in [1.54, 1.807) is 11.3 Å². The van der Waals surface area contributed by atoms with E-state index in [4.69, 9.17) is 0 Å². The summed E-state index contributed by atoms with van der Waals surface area (Å²) in [7, 11) is 0. The number of amides is 2. The third kappa shape index (κ3) is 8.92. The third-order valence-electron chi connectivity index (χ3n) is 3.62. The van der Waals surface area contributed by atoms with Gasteiger partial charge in [-0.1, -0.05) is 12.1 Å². The zero-order chi connectivity index (χ0) is 19.6. The molecule has 0 aliphatic carbocycles. The number of guanidine groups is 1. The van der Waals surface area contributed by atoms with Crippen LogP contribution in [0.4, 0.5) is 10.5 Å². The fraction of sp³-hybridized carbons (Fsp3) is 0.400. The topological polar surface area (TPSA) is 77.5 Å². The van der Waals surface area contributed by atoms with Crippen LogP contribution in [0.5, 0.6) is 0 Å². The molecule has 0 fully saturated rings. The maximum atomic E-state index is 11.7. The first-order valence-electron chi connectivity index (χ1n) is 9.20. The van der Waals surface area contributed by atoms with Gasteiger partial charge in [0.2, 0.25) is 0 Å². The van der Waals surface area contributed by atoms with E-state index in [0.29, 0.717) is 6.54 Å². The molecule has 8 heteroatoms. The Morgan fingerprint density at radius 3 is 2.39 bits per heavy atom. The van der Waals surface area contributed by atoms with E-state index in [1.807, 2.05) is 38.1 Å². The van der Waals surface area contributed by atoms with Crippen LogP contribution >= 0.6 is 35.3 Å². The molecule has 2 aromatic rings. The molecule has 0 spiro atoms. The largest absolute Gasteiger partial charge is 0.357 e. The van der Waals surface area contributed by atoms with Crippen molar-refractivity contribution in [1.29, 1.82) is 0 Å².